The first-order valence-electron chi connectivity index (χ1n) is 5.40. The fraction of sp³-hybridized carbons (Fsp3) is 0.800. The van der Waals surface area contributed by atoms with Crippen LogP contribution in [0.3, 0.4) is 0 Å². The number of amides is 1. The molecule has 0 spiro atoms. The number of hydrogen-bond donors (Lipinski definition) is 1. The smallest absolute Gasteiger partial charge is 0.326 e. The SMILES string of the molecule is CCOC(=O)[C@@H](NC)C1SCC(=O)N1CC. The molecular weight excluding hydrogens is 228 g/mol. The molecule has 1 saturated heterocycles. The Bertz CT molecular complexity index is 273. The molecule has 0 aromatic carbocycles. The number of rotatable bonds is 5. The summed E-state index contributed by atoms with van der Waals surface area (Å²) in [5.41, 5.74) is 0. The highest BCUT2D eigenvalue weighted by Gasteiger charge is 2.39. The molecule has 0 aromatic heterocycles. The first kappa shape index (κ1) is 13.3. The molecule has 92 valence electrons. The summed E-state index contributed by atoms with van der Waals surface area (Å²) in [6.45, 7) is 4.66. The lowest BCUT2D eigenvalue weighted by Crippen LogP contribution is -2.50. The van der Waals surface area contributed by atoms with Crippen molar-refractivity contribution in [2.45, 2.75) is 25.3 Å². The number of carbonyl (C=O) groups is 2. The standard InChI is InChI=1S/C10H18N2O3S/c1-4-12-7(13)6-16-9(12)8(11-3)10(14)15-5-2/h8-9,11H,4-6H2,1-3H3/t8-,9?/m0/s1. The number of esters is 1. The third-order valence-corrected chi connectivity index (χ3v) is 3.76. The second kappa shape index (κ2) is 6.10. The zero-order chi connectivity index (χ0) is 12.1. The van der Waals surface area contributed by atoms with Gasteiger partial charge in [-0.15, -0.1) is 11.8 Å². The molecule has 1 aliphatic heterocycles. The number of thioether (sulfide) groups is 1. The lowest BCUT2D eigenvalue weighted by Gasteiger charge is -2.28. The van der Waals surface area contributed by atoms with Gasteiger partial charge in [0.05, 0.1) is 12.4 Å². The van der Waals surface area contributed by atoms with Crippen molar-refractivity contribution in [1.29, 1.82) is 0 Å². The maximum Gasteiger partial charge on any atom is 0.326 e. The molecule has 0 saturated carbocycles. The van der Waals surface area contributed by atoms with Crippen LogP contribution in [0, 0.1) is 0 Å². The largest absolute Gasteiger partial charge is 0.465 e. The highest BCUT2D eigenvalue weighted by molar-refractivity contribution is 8.01. The summed E-state index contributed by atoms with van der Waals surface area (Å²) >= 11 is 1.48. The molecule has 5 nitrogen and oxygen atoms in total. The average Bonchev–Trinajstić information content (AvgIpc) is 2.61. The minimum absolute atomic E-state index is 0.0852. The summed E-state index contributed by atoms with van der Waals surface area (Å²) in [4.78, 5) is 24.9. The van der Waals surface area contributed by atoms with Gasteiger partial charge < -0.3 is 15.0 Å². The van der Waals surface area contributed by atoms with E-state index in [1.54, 1.807) is 18.9 Å². The van der Waals surface area contributed by atoms with Crippen molar-refractivity contribution < 1.29 is 14.3 Å². The Hall–Kier alpha value is -0.750. The van der Waals surface area contributed by atoms with Gasteiger partial charge in [0, 0.05) is 6.54 Å². The fourth-order valence-corrected chi connectivity index (χ4v) is 3.08. The summed E-state index contributed by atoms with van der Waals surface area (Å²) in [7, 11) is 1.71. The van der Waals surface area contributed by atoms with Crippen molar-refractivity contribution in [2.75, 3.05) is 26.0 Å². The van der Waals surface area contributed by atoms with E-state index in [0.29, 0.717) is 18.9 Å². The predicted octanol–water partition coefficient (Wildman–Crippen LogP) is 0.0589. The van der Waals surface area contributed by atoms with E-state index in [9.17, 15) is 9.59 Å². The molecule has 1 unspecified atom stereocenters. The van der Waals surface area contributed by atoms with Crippen LogP contribution in [-0.4, -0.2) is 54.1 Å². The van der Waals surface area contributed by atoms with Crippen LogP contribution in [0.4, 0.5) is 0 Å². The lowest BCUT2D eigenvalue weighted by molar-refractivity contribution is -0.146. The van der Waals surface area contributed by atoms with Gasteiger partial charge in [-0.3, -0.25) is 9.59 Å². The maximum atomic E-state index is 11.7. The zero-order valence-corrected chi connectivity index (χ0v) is 10.7. The first-order chi connectivity index (χ1) is 7.65. The quantitative estimate of drug-likeness (QED) is 0.695. The molecule has 1 heterocycles. The van der Waals surface area contributed by atoms with Gasteiger partial charge in [-0.1, -0.05) is 0 Å². The molecule has 0 aliphatic carbocycles. The van der Waals surface area contributed by atoms with Crippen LogP contribution in [0.25, 0.3) is 0 Å². The van der Waals surface area contributed by atoms with Crippen LogP contribution < -0.4 is 5.32 Å². The van der Waals surface area contributed by atoms with E-state index in [2.05, 4.69) is 5.32 Å². The van der Waals surface area contributed by atoms with Gasteiger partial charge in [0.1, 0.15) is 11.4 Å². The van der Waals surface area contributed by atoms with Crippen LogP contribution in [0.1, 0.15) is 13.8 Å². The Labute approximate surface area is 99.9 Å². The van der Waals surface area contributed by atoms with E-state index in [1.165, 1.54) is 11.8 Å². The van der Waals surface area contributed by atoms with E-state index < -0.39 is 6.04 Å². The van der Waals surface area contributed by atoms with Gasteiger partial charge >= 0.3 is 5.97 Å². The van der Waals surface area contributed by atoms with Crippen LogP contribution in [0.2, 0.25) is 0 Å². The highest BCUT2D eigenvalue weighted by atomic mass is 32.2. The molecular formula is C10H18N2O3S. The van der Waals surface area contributed by atoms with Gasteiger partial charge in [-0.2, -0.15) is 0 Å². The third kappa shape index (κ3) is 2.68. The van der Waals surface area contributed by atoms with E-state index in [-0.39, 0.29) is 17.3 Å². The fourth-order valence-electron chi connectivity index (χ4n) is 1.71. The normalized spacial score (nSPS) is 22.3. The summed E-state index contributed by atoms with van der Waals surface area (Å²) < 4.78 is 4.98. The van der Waals surface area contributed by atoms with Crippen molar-refractivity contribution in [3.8, 4) is 0 Å². The second-order valence-corrected chi connectivity index (χ2v) is 4.50. The lowest BCUT2D eigenvalue weighted by atomic mass is 10.2. The van der Waals surface area contributed by atoms with Crippen LogP contribution >= 0.6 is 11.8 Å². The minimum Gasteiger partial charge on any atom is -0.465 e. The number of hydrogen-bond acceptors (Lipinski definition) is 5. The van der Waals surface area contributed by atoms with Gasteiger partial charge in [0.15, 0.2) is 0 Å². The van der Waals surface area contributed by atoms with E-state index in [4.69, 9.17) is 4.74 Å². The van der Waals surface area contributed by atoms with Gasteiger partial charge in [-0.05, 0) is 20.9 Å². The van der Waals surface area contributed by atoms with Gasteiger partial charge in [0.25, 0.3) is 0 Å². The third-order valence-electron chi connectivity index (χ3n) is 2.48. The molecule has 0 radical (unpaired) electrons. The number of nitrogens with one attached hydrogen (secondary N) is 1. The molecule has 6 heteroatoms. The topological polar surface area (TPSA) is 58.6 Å². The Balaban J connectivity index is 2.72. The number of carbonyl (C=O) groups excluding carboxylic acids is 2. The molecule has 0 bridgehead atoms. The first-order valence-corrected chi connectivity index (χ1v) is 6.45. The molecule has 1 rings (SSSR count). The number of ether oxygens (including phenoxy) is 1. The van der Waals surface area contributed by atoms with Crippen molar-refractivity contribution in [3.05, 3.63) is 0 Å². The van der Waals surface area contributed by atoms with E-state index >= 15 is 0 Å². The molecule has 2 atom stereocenters. The molecule has 1 N–H and O–H groups in total. The Kier molecular flexibility index (Phi) is 5.08. The maximum absolute atomic E-state index is 11.7. The van der Waals surface area contributed by atoms with E-state index in [1.807, 2.05) is 6.92 Å². The summed E-state index contributed by atoms with van der Waals surface area (Å²) in [5, 5.41) is 2.77. The Morgan fingerprint density at radius 1 is 1.69 bits per heavy atom. The number of nitrogens with zero attached hydrogens (tertiary/aromatic N) is 1. The second-order valence-electron chi connectivity index (χ2n) is 3.40. The van der Waals surface area contributed by atoms with Crippen LogP contribution in [0.5, 0.6) is 0 Å². The Morgan fingerprint density at radius 2 is 2.38 bits per heavy atom. The van der Waals surface area contributed by atoms with Crippen LogP contribution in [-0.2, 0) is 14.3 Å². The summed E-state index contributed by atoms with van der Waals surface area (Å²) in [6.07, 6.45) is 0. The van der Waals surface area contributed by atoms with Crippen molar-refractivity contribution in [1.82, 2.24) is 10.2 Å². The van der Waals surface area contributed by atoms with Crippen molar-refractivity contribution in [3.63, 3.8) is 0 Å². The Morgan fingerprint density at radius 3 is 2.88 bits per heavy atom. The van der Waals surface area contributed by atoms with E-state index in [0.717, 1.165) is 0 Å². The molecule has 0 aromatic rings. The molecule has 1 aliphatic rings. The van der Waals surface area contributed by atoms with Crippen LogP contribution in [0.15, 0.2) is 0 Å². The molecule has 1 amide bonds. The monoisotopic (exact) mass is 246 g/mol. The van der Waals surface area contributed by atoms with Crippen molar-refractivity contribution in [2.24, 2.45) is 0 Å². The summed E-state index contributed by atoms with van der Waals surface area (Å²) in [5.74, 6) is 0.230. The number of likely N-dealkylation sites (N-methyl/N-ethyl adjacent to an activating group) is 2. The predicted molar refractivity (Wildman–Crippen MR) is 63.1 cm³/mol. The van der Waals surface area contributed by atoms with Gasteiger partial charge in [-0.25, -0.2) is 0 Å². The summed E-state index contributed by atoms with van der Waals surface area (Å²) in [6, 6.07) is -0.448. The molecule has 16 heavy (non-hydrogen) atoms. The minimum atomic E-state index is -0.448. The average molecular weight is 246 g/mol. The zero-order valence-electron chi connectivity index (χ0n) is 9.86. The van der Waals surface area contributed by atoms with Crippen molar-refractivity contribution >= 4 is 23.6 Å². The highest BCUT2D eigenvalue weighted by Crippen LogP contribution is 2.27. The van der Waals surface area contributed by atoms with Gasteiger partial charge in [0.2, 0.25) is 5.91 Å². The molecule has 1 fully saturated rings.